The number of phenolic OH excluding ortho intramolecular Hbond substituents is 2. The molecule has 0 aliphatic carbocycles. The van der Waals surface area contributed by atoms with Crippen molar-refractivity contribution >= 4 is 151 Å². The third-order valence-corrected chi connectivity index (χ3v) is 13.9. The number of hydrogen-bond acceptors (Lipinski definition) is 19. The lowest BCUT2D eigenvalue weighted by atomic mass is 10.1. The van der Waals surface area contributed by atoms with Gasteiger partial charge in [-0.05, 0) is 160 Å². The quantitative estimate of drug-likeness (QED) is 0.0239. The molecule has 2 atom stereocenters. The third-order valence-electron chi connectivity index (χ3n) is 9.26. The lowest BCUT2D eigenvalue weighted by Crippen LogP contribution is -2.49. The molecule has 0 fully saturated rings. The number of rotatable bonds is 19. The average Bonchev–Trinajstić information content (AvgIpc) is 3.38. The Morgan fingerprint density at radius 1 is 0.610 bits per heavy atom. The fourth-order valence-electron chi connectivity index (χ4n) is 5.26. The minimum Gasteiger partial charge on any atom is -0.507 e. The van der Waals surface area contributed by atoms with Gasteiger partial charge in [0.2, 0.25) is 35.4 Å². The van der Waals surface area contributed by atoms with Crippen molar-refractivity contribution in [2.24, 2.45) is 33.8 Å². The first-order chi connectivity index (χ1) is 36.1. The molecule has 0 saturated heterocycles. The molecule has 0 aromatic heterocycles. The summed E-state index contributed by atoms with van der Waals surface area (Å²) in [6.07, 6.45) is 3.29. The van der Waals surface area contributed by atoms with Crippen molar-refractivity contribution in [2.75, 3.05) is 36.3 Å². The number of aromatic hydroxyl groups is 2. The van der Waals surface area contributed by atoms with Gasteiger partial charge in [-0.1, -0.05) is 0 Å². The number of benzene rings is 5. The van der Waals surface area contributed by atoms with Gasteiger partial charge in [-0.15, -0.1) is 40.2 Å². The largest absolute Gasteiger partial charge is 0.507 e. The number of thioether (sulfide) groups is 3. The predicted octanol–water partition coefficient (Wildman–Crippen LogP) is 4.12. The molecule has 0 aliphatic heterocycles. The number of phenols is 2. The van der Waals surface area contributed by atoms with Gasteiger partial charge in [0, 0.05) is 64.1 Å². The highest BCUT2D eigenvalue weighted by Crippen LogP contribution is 2.31. The van der Waals surface area contributed by atoms with Crippen molar-refractivity contribution in [3.63, 3.8) is 0 Å². The number of halogens is 2. The average molecular weight is 1350 g/mol. The molecule has 25 nitrogen and oxygen atoms in total. The minimum atomic E-state index is -1.31. The Balaban J connectivity index is 0.000000530. The van der Waals surface area contributed by atoms with Crippen molar-refractivity contribution in [2.45, 2.75) is 39.6 Å². The molecule has 0 radical (unpaired) electrons. The number of nitroso groups, excluding NO2 is 1. The summed E-state index contributed by atoms with van der Waals surface area (Å²) in [4.78, 5) is 112. The van der Waals surface area contributed by atoms with E-state index in [1.807, 2.05) is 35.1 Å². The van der Waals surface area contributed by atoms with E-state index in [9.17, 15) is 53.2 Å². The normalized spacial score (nSPS) is 10.7. The lowest BCUT2D eigenvalue weighted by Gasteiger charge is -2.18. The molecule has 0 saturated carbocycles. The number of nitrogens with one attached hydrogen (secondary N) is 2. The van der Waals surface area contributed by atoms with Crippen LogP contribution in [0.25, 0.3) is 0 Å². The van der Waals surface area contributed by atoms with E-state index in [1.54, 1.807) is 60.7 Å². The van der Waals surface area contributed by atoms with E-state index >= 15 is 0 Å². The van der Waals surface area contributed by atoms with Crippen LogP contribution in [-0.4, -0.2) is 116 Å². The second-order valence-electron chi connectivity index (χ2n) is 14.8. The van der Waals surface area contributed by atoms with Crippen LogP contribution < -0.4 is 50.8 Å². The first kappa shape index (κ1) is 67.6. The summed E-state index contributed by atoms with van der Waals surface area (Å²) in [6, 6.07) is 20.3. The number of primary amides is 4. The molecular weight excluding hydrogens is 1290 g/mol. The number of anilines is 2. The van der Waals surface area contributed by atoms with Crippen molar-refractivity contribution in [1.82, 2.24) is 10.6 Å². The molecule has 2 unspecified atom stereocenters. The first-order valence-electron chi connectivity index (χ1n) is 21.2. The molecule has 0 aliphatic rings. The van der Waals surface area contributed by atoms with E-state index in [-0.39, 0.29) is 46.2 Å². The highest BCUT2D eigenvalue weighted by atomic mass is 127. The SMILES string of the molecule is CSc1ccc(C(N)=O)cc1N.CSc1ccc(C(N)=O)cc1O.NC(=O)c1ccc(I)c(N)c1.NC(=O)c1ccc(I)c(O)c1.NC(CCC(=O)NC(CSc1ccc(C(=O)O)cc1N=O)C(=O)NCC(=O)O)C(=O)O. The van der Waals surface area contributed by atoms with E-state index in [0.717, 1.165) is 31.2 Å². The molecular formula is C47H52I2N10O15S3. The number of hydrogen-bond donors (Lipinski definition) is 14. The summed E-state index contributed by atoms with van der Waals surface area (Å²) in [7, 11) is 0. The third kappa shape index (κ3) is 24.9. The van der Waals surface area contributed by atoms with Crippen LogP contribution >= 0.6 is 80.5 Å². The number of nitrogens with two attached hydrogens (primary N) is 7. The maximum atomic E-state index is 12.3. The zero-order chi connectivity index (χ0) is 58.7. The molecule has 30 heteroatoms. The van der Waals surface area contributed by atoms with Crippen LogP contribution in [0.5, 0.6) is 11.5 Å². The van der Waals surface area contributed by atoms with Crippen molar-refractivity contribution in [1.29, 1.82) is 0 Å². The molecule has 0 bridgehead atoms. The van der Waals surface area contributed by atoms with Crippen LogP contribution in [0.3, 0.4) is 0 Å². The maximum Gasteiger partial charge on any atom is 0.335 e. The second kappa shape index (κ2) is 34.3. The van der Waals surface area contributed by atoms with Crippen LogP contribution in [-0.2, 0) is 19.2 Å². The summed E-state index contributed by atoms with van der Waals surface area (Å²) in [5, 5.41) is 52.1. The molecule has 5 aromatic rings. The Hall–Kier alpha value is -7.40. The lowest BCUT2D eigenvalue weighted by molar-refractivity contribution is -0.139. The monoisotopic (exact) mass is 1350 g/mol. The number of aromatic carboxylic acids is 1. The number of carboxylic acids is 3. The number of nitrogen functional groups attached to an aromatic ring is 2. The molecule has 5 rings (SSSR count). The van der Waals surface area contributed by atoms with Crippen LogP contribution in [0, 0.1) is 12.0 Å². The van der Waals surface area contributed by atoms with Crippen LogP contribution in [0.2, 0.25) is 0 Å². The Bertz CT molecular complexity index is 2850. The summed E-state index contributed by atoms with van der Waals surface area (Å²) < 4.78 is 1.63. The van der Waals surface area contributed by atoms with Gasteiger partial charge in [-0.2, -0.15) is 0 Å². The highest BCUT2D eigenvalue weighted by molar-refractivity contribution is 14.1. The van der Waals surface area contributed by atoms with Crippen LogP contribution in [0.1, 0.15) is 64.6 Å². The van der Waals surface area contributed by atoms with Gasteiger partial charge < -0.3 is 76.3 Å². The minimum absolute atomic E-state index is 0.0851. The number of aliphatic carboxylic acids is 2. The smallest absolute Gasteiger partial charge is 0.335 e. The maximum absolute atomic E-state index is 12.3. The van der Waals surface area contributed by atoms with Crippen LogP contribution in [0.4, 0.5) is 17.1 Å². The van der Waals surface area contributed by atoms with Gasteiger partial charge in [-0.3, -0.25) is 38.4 Å². The molecule has 0 spiro atoms. The summed E-state index contributed by atoms with van der Waals surface area (Å²) in [6.45, 7) is -0.700. The Morgan fingerprint density at radius 3 is 1.49 bits per heavy atom. The van der Waals surface area contributed by atoms with Gasteiger partial charge in [0.1, 0.15) is 35.8 Å². The molecule has 77 heavy (non-hydrogen) atoms. The van der Waals surface area contributed by atoms with Gasteiger partial charge in [0.15, 0.2) is 0 Å². The standard InChI is InChI=1S/C17H20N4O9S.C8H10N2OS.C8H9NO2S.C7H7IN2O.C7H6INO2/c18-9(17(28)29)2-4-13(22)20-11(15(25)19-6-14(23)24)7-31-12-3-1-8(16(26)27)5-10(12)21-30;1-12-7-3-2-5(8(10)11)4-6(7)9;1-12-7-3-2-5(8(9)11)4-6(7)10;8-5-2-1-4(7(10)11)3-6(5)9;8-5-2-1-4(7(9)11)3-6(5)10/h1,3,5,9,11H,2,4,6-7,18H2,(H,19,25)(H,20,22)(H,23,24)(H,26,27)(H,28,29);2-4H,9H2,1H3,(H2,10,11);2-4,10H,1H3,(H2,9,11);1-3H,9H2,(H2,10,11);1-3,10H,(H2,9,11). The highest BCUT2D eigenvalue weighted by Gasteiger charge is 2.24. The van der Waals surface area contributed by atoms with Gasteiger partial charge >= 0.3 is 17.9 Å². The van der Waals surface area contributed by atoms with Crippen molar-refractivity contribution in [3.05, 3.63) is 131 Å². The van der Waals surface area contributed by atoms with E-state index in [0.29, 0.717) is 37.2 Å². The van der Waals surface area contributed by atoms with Crippen molar-refractivity contribution in [3.8, 4) is 11.5 Å². The first-order valence-corrected chi connectivity index (χ1v) is 26.8. The predicted molar refractivity (Wildman–Crippen MR) is 308 cm³/mol. The molecule has 5 aromatic carbocycles. The fraction of sp³-hybridized carbons (Fsp3) is 0.170. The Kier molecular flexibility index (Phi) is 30.1. The number of carbonyl (C=O) groups excluding carboxylic acids is 6. The summed E-state index contributed by atoms with van der Waals surface area (Å²) >= 11 is 7.91. The molecule has 21 N–H and O–H groups in total. The number of nitrogens with zero attached hydrogens (tertiary/aromatic N) is 1. The van der Waals surface area contributed by atoms with Crippen LogP contribution in [0.15, 0.2) is 111 Å². The van der Waals surface area contributed by atoms with Gasteiger partial charge in [-0.25, -0.2) is 4.79 Å². The molecule has 0 heterocycles. The number of amides is 6. The molecule has 6 amide bonds. The van der Waals surface area contributed by atoms with E-state index in [4.69, 9.17) is 60.6 Å². The zero-order valence-electron chi connectivity index (χ0n) is 40.4. The van der Waals surface area contributed by atoms with E-state index in [1.165, 1.54) is 47.8 Å². The second-order valence-corrected chi connectivity index (χ2v) is 19.9. The van der Waals surface area contributed by atoms with E-state index in [2.05, 4.69) is 38.4 Å². The number of carboxylic acid groups (broad SMARTS) is 3. The fourth-order valence-corrected chi connectivity index (χ4v) is 7.89. The zero-order valence-corrected chi connectivity index (χ0v) is 47.2. The summed E-state index contributed by atoms with van der Waals surface area (Å²) in [5.41, 5.74) is 39.0. The van der Waals surface area contributed by atoms with Crippen molar-refractivity contribution < 1.29 is 68.7 Å². The van der Waals surface area contributed by atoms with Gasteiger partial charge in [0.25, 0.3) is 0 Å². The molecule has 412 valence electrons. The Morgan fingerprint density at radius 2 is 1.06 bits per heavy atom. The van der Waals surface area contributed by atoms with E-state index < -0.39 is 72.0 Å². The Labute approximate surface area is 478 Å². The topological polar surface area (TPSA) is 490 Å². The summed E-state index contributed by atoms with van der Waals surface area (Å²) in [5.74, 6) is -7.32. The van der Waals surface area contributed by atoms with Gasteiger partial charge in [0.05, 0.1) is 9.13 Å². The number of carbonyl (C=O) groups is 9.